The fourth-order valence-corrected chi connectivity index (χ4v) is 2.72. The number of benzene rings is 1. The first kappa shape index (κ1) is 12.6. The van der Waals surface area contributed by atoms with Gasteiger partial charge in [-0.05, 0) is 41.6 Å². The minimum Gasteiger partial charge on any atom is -0.268 e. The monoisotopic (exact) mass is 282 g/mol. The van der Waals surface area contributed by atoms with E-state index in [9.17, 15) is 9.59 Å². The molecule has 0 bridgehead atoms. The fraction of sp³-hybridized carbons (Fsp3) is 0. The Bertz CT molecular complexity index is 684. The van der Waals surface area contributed by atoms with Crippen LogP contribution in [0.25, 0.3) is 6.08 Å². The van der Waals surface area contributed by atoms with Crippen LogP contribution in [0.15, 0.2) is 59.8 Å². The van der Waals surface area contributed by atoms with Crippen molar-refractivity contribution >= 4 is 34.7 Å². The first-order chi connectivity index (χ1) is 9.75. The van der Waals surface area contributed by atoms with Gasteiger partial charge in [0.15, 0.2) is 0 Å². The summed E-state index contributed by atoms with van der Waals surface area (Å²) in [5.41, 5.74) is 1.38. The molecule has 98 valence electrons. The molecule has 3 rings (SSSR count). The Balaban J connectivity index is 1.93. The van der Waals surface area contributed by atoms with E-state index < -0.39 is 0 Å². The SMILES string of the molecule is O=C1S/C(=C\c2cccnc2)C(=O)N1c1ccccc1. The van der Waals surface area contributed by atoms with Crippen LogP contribution in [0, 0.1) is 0 Å². The van der Waals surface area contributed by atoms with Crippen LogP contribution in [0.4, 0.5) is 10.5 Å². The van der Waals surface area contributed by atoms with Gasteiger partial charge in [-0.1, -0.05) is 24.3 Å². The summed E-state index contributed by atoms with van der Waals surface area (Å²) in [4.78, 5) is 29.9. The number of anilines is 1. The summed E-state index contributed by atoms with van der Waals surface area (Å²) < 4.78 is 0. The van der Waals surface area contributed by atoms with Gasteiger partial charge in [0.2, 0.25) is 0 Å². The molecule has 5 heteroatoms. The zero-order valence-corrected chi connectivity index (χ0v) is 11.2. The van der Waals surface area contributed by atoms with Crippen molar-refractivity contribution in [1.29, 1.82) is 0 Å². The molecule has 1 aliphatic heterocycles. The number of nitrogens with zero attached hydrogens (tertiary/aromatic N) is 2. The topological polar surface area (TPSA) is 50.3 Å². The minimum absolute atomic E-state index is 0.281. The van der Waals surface area contributed by atoms with Crippen LogP contribution in [-0.4, -0.2) is 16.1 Å². The lowest BCUT2D eigenvalue weighted by Gasteiger charge is -2.11. The van der Waals surface area contributed by atoms with Crippen molar-refractivity contribution < 1.29 is 9.59 Å². The Hall–Kier alpha value is -2.40. The molecule has 0 N–H and O–H groups in total. The van der Waals surface area contributed by atoms with Gasteiger partial charge >= 0.3 is 0 Å². The lowest BCUT2D eigenvalue weighted by molar-refractivity contribution is -0.113. The summed E-state index contributed by atoms with van der Waals surface area (Å²) in [6, 6.07) is 12.5. The van der Waals surface area contributed by atoms with Crippen molar-refractivity contribution in [3.63, 3.8) is 0 Å². The number of amides is 2. The van der Waals surface area contributed by atoms with E-state index in [-0.39, 0.29) is 11.1 Å². The Morgan fingerprint density at radius 1 is 1.05 bits per heavy atom. The van der Waals surface area contributed by atoms with Crippen molar-refractivity contribution in [3.05, 3.63) is 65.3 Å². The number of carbonyl (C=O) groups excluding carboxylic acids is 2. The highest BCUT2D eigenvalue weighted by molar-refractivity contribution is 8.19. The normalized spacial score (nSPS) is 17.0. The molecule has 0 atom stereocenters. The van der Waals surface area contributed by atoms with Crippen LogP contribution in [0.1, 0.15) is 5.56 Å². The number of carbonyl (C=O) groups is 2. The van der Waals surface area contributed by atoms with E-state index in [4.69, 9.17) is 0 Å². The first-order valence-corrected chi connectivity index (χ1v) is 6.80. The molecule has 0 spiro atoms. The Labute approximate surface area is 120 Å². The molecule has 20 heavy (non-hydrogen) atoms. The number of imide groups is 1. The summed E-state index contributed by atoms with van der Waals surface area (Å²) in [6.45, 7) is 0. The number of pyridine rings is 1. The van der Waals surface area contributed by atoms with Gasteiger partial charge in [0.1, 0.15) is 0 Å². The van der Waals surface area contributed by atoms with Crippen molar-refractivity contribution in [2.45, 2.75) is 0 Å². The van der Waals surface area contributed by atoms with Gasteiger partial charge in [-0.3, -0.25) is 14.6 Å². The van der Waals surface area contributed by atoms with E-state index in [1.165, 1.54) is 4.90 Å². The second kappa shape index (κ2) is 5.30. The van der Waals surface area contributed by atoms with Crippen molar-refractivity contribution in [3.8, 4) is 0 Å². The number of hydrogen-bond donors (Lipinski definition) is 0. The average molecular weight is 282 g/mol. The third kappa shape index (κ3) is 2.35. The summed E-state index contributed by atoms with van der Waals surface area (Å²) in [5, 5.41) is -0.281. The predicted molar refractivity (Wildman–Crippen MR) is 79.1 cm³/mol. The van der Waals surface area contributed by atoms with Crippen LogP contribution in [-0.2, 0) is 4.79 Å². The van der Waals surface area contributed by atoms with Crippen LogP contribution in [0.2, 0.25) is 0 Å². The van der Waals surface area contributed by atoms with E-state index in [0.29, 0.717) is 10.6 Å². The largest absolute Gasteiger partial charge is 0.298 e. The maximum Gasteiger partial charge on any atom is 0.298 e. The molecule has 1 aromatic heterocycles. The molecule has 1 fully saturated rings. The van der Waals surface area contributed by atoms with E-state index in [2.05, 4.69) is 4.98 Å². The molecular weight excluding hydrogens is 272 g/mol. The summed E-state index contributed by atoms with van der Waals surface area (Å²) in [5.74, 6) is -0.296. The molecule has 0 unspecified atom stereocenters. The molecule has 2 amide bonds. The van der Waals surface area contributed by atoms with Gasteiger partial charge in [-0.2, -0.15) is 0 Å². The van der Waals surface area contributed by atoms with Crippen molar-refractivity contribution in [2.75, 3.05) is 4.90 Å². The van der Waals surface area contributed by atoms with Crippen molar-refractivity contribution in [1.82, 2.24) is 4.98 Å². The third-order valence-electron chi connectivity index (χ3n) is 2.79. The molecule has 1 saturated heterocycles. The molecule has 0 saturated carbocycles. The Kier molecular flexibility index (Phi) is 3.35. The maximum atomic E-state index is 12.3. The number of aromatic nitrogens is 1. The molecule has 1 aliphatic rings. The fourth-order valence-electron chi connectivity index (χ4n) is 1.88. The van der Waals surface area contributed by atoms with Crippen LogP contribution in [0.3, 0.4) is 0 Å². The number of thioether (sulfide) groups is 1. The van der Waals surface area contributed by atoms with E-state index >= 15 is 0 Å². The third-order valence-corrected chi connectivity index (χ3v) is 3.66. The van der Waals surface area contributed by atoms with Gasteiger partial charge in [0.25, 0.3) is 11.1 Å². The van der Waals surface area contributed by atoms with E-state index in [1.807, 2.05) is 12.1 Å². The predicted octanol–water partition coefficient (Wildman–Crippen LogP) is 3.32. The first-order valence-electron chi connectivity index (χ1n) is 5.99. The minimum atomic E-state index is -0.296. The van der Waals surface area contributed by atoms with Gasteiger partial charge in [-0.25, -0.2) is 4.90 Å². The highest BCUT2D eigenvalue weighted by atomic mass is 32.2. The molecular formula is C15H10N2O2S. The Morgan fingerprint density at radius 3 is 2.55 bits per heavy atom. The molecule has 1 aromatic carbocycles. The number of hydrogen-bond acceptors (Lipinski definition) is 4. The lowest BCUT2D eigenvalue weighted by atomic mass is 10.2. The van der Waals surface area contributed by atoms with E-state index in [0.717, 1.165) is 17.3 Å². The molecule has 2 heterocycles. The standard InChI is InChI=1S/C15H10N2O2S/c18-14-13(9-11-5-4-8-16-10-11)20-15(19)17(14)12-6-2-1-3-7-12/h1-10H/b13-9-. The van der Waals surface area contributed by atoms with Gasteiger partial charge in [0, 0.05) is 12.4 Å². The van der Waals surface area contributed by atoms with Gasteiger partial charge in [-0.15, -0.1) is 0 Å². The Morgan fingerprint density at radius 2 is 1.85 bits per heavy atom. The highest BCUT2D eigenvalue weighted by Gasteiger charge is 2.36. The quantitative estimate of drug-likeness (QED) is 0.793. The molecule has 2 aromatic rings. The van der Waals surface area contributed by atoms with Gasteiger partial charge < -0.3 is 0 Å². The second-order valence-electron chi connectivity index (χ2n) is 4.14. The van der Waals surface area contributed by atoms with Crippen LogP contribution < -0.4 is 4.90 Å². The zero-order chi connectivity index (χ0) is 13.9. The second-order valence-corrected chi connectivity index (χ2v) is 5.13. The van der Waals surface area contributed by atoms with Crippen LogP contribution in [0.5, 0.6) is 0 Å². The zero-order valence-electron chi connectivity index (χ0n) is 10.4. The van der Waals surface area contributed by atoms with Gasteiger partial charge in [0.05, 0.1) is 10.6 Å². The average Bonchev–Trinajstić information content (AvgIpc) is 2.75. The summed E-state index contributed by atoms with van der Waals surface area (Å²) in [7, 11) is 0. The van der Waals surface area contributed by atoms with Crippen LogP contribution >= 0.6 is 11.8 Å². The molecule has 4 nitrogen and oxygen atoms in total. The van der Waals surface area contributed by atoms with Crippen molar-refractivity contribution in [2.24, 2.45) is 0 Å². The smallest absolute Gasteiger partial charge is 0.268 e. The van der Waals surface area contributed by atoms with E-state index in [1.54, 1.807) is 48.8 Å². The lowest BCUT2D eigenvalue weighted by Crippen LogP contribution is -2.27. The number of para-hydroxylation sites is 1. The summed E-state index contributed by atoms with van der Waals surface area (Å²) in [6.07, 6.45) is 4.99. The summed E-state index contributed by atoms with van der Waals surface area (Å²) >= 11 is 0.942. The molecule has 0 aliphatic carbocycles. The number of rotatable bonds is 2. The maximum absolute atomic E-state index is 12.3. The highest BCUT2D eigenvalue weighted by Crippen LogP contribution is 2.35. The molecule has 0 radical (unpaired) electrons.